The predicted octanol–water partition coefficient (Wildman–Crippen LogP) is 2.66. The van der Waals surface area contributed by atoms with E-state index in [4.69, 9.17) is 4.74 Å². The van der Waals surface area contributed by atoms with Gasteiger partial charge in [0.15, 0.2) is 0 Å². The van der Waals surface area contributed by atoms with Crippen molar-refractivity contribution in [3.8, 4) is 5.75 Å². The Labute approximate surface area is 202 Å². The van der Waals surface area contributed by atoms with E-state index in [1.54, 1.807) is 20.8 Å². The summed E-state index contributed by atoms with van der Waals surface area (Å²) in [6, 6.07) is 8.37. The average molecular weight is 511 g/mol. The summed E-state index contributed by atoms with van der Waals surface area (Å²) < 4.78 is 46.9. The minimum atomic E-state index is -4.57. The summed E-state index contributed by atoms with van der Waals surface area (Å²) in [6.07, 6.45) is -0.182. The van der Waals surface area contributed by atoms with Crippen LogP contribution < -0.4 is 5.32 Å². The quantitative estimate of drug-likeness (QED) is 0.547. The van der Waals surface area contributed by atoms with Crippen molar-refractivity contribution in [2.75, 3.05) is 12.3 Å². The molecule has 1 amide bonds. The average Bonchev–Trinajstić information content (AvgIpc) is 3.28. The van der Waals surface area contributed by atoms with Gasteiger partial charge < -0.3 is 9.84 Å². The topological polar surface area (TPSA) is 113 Å². The number of sulfonamides is 1. The van der Waals surface area contributed by atoms with Crippen LogP contribution in [0.1, 0.15) is 26.3 Å². The van der Waals surface area contributed by atoms with E-state index in [2.05, 4.69) is 5.32 Å². The first kappa shape index (κ1) is 26.0. The number of nitrogens with zero attached hydrogens (tertiary/aromatic N) is 1. The molecule has 1 fully saturated rings. The van der Waals surface area contributed by atoms with Crippen LogP contribution in [-0.4, -0.2) is 59.0 Å². The third-order valence-electron chi connectivity index (χ3n) is 4.86. The molecular formula is C23H27FN2O6S2. The van der Waals surface area contributed by atoms with Gasteiger partial charge in [-0.25, -0.2) is 21.9 Å². The summed E-state index contributed by atoms with van der Waals surface area (Å²) >= 11 is 1.23. The lowest BCUT2D eigenvalue weighted by Gasteiger charge is -2.33. The Hall–Kier alpha value is -2.63. The van der Waals surface area contributed by atoms with Crippen LogP contribution in [0.5, 0.6) is 5.75 Å². The Bertz CT molecular complexity index is 1130. The molecule has 1 heterocycles. The van der Waals surface area contributed by atoms with Crippen molar-refractivity contribution >= 4 is 33.7 Å². The fourth-order valence-electron chi connectivity index (χ4n) is 3.35. The van der Waals surface area contributed by atoms with Crippen LogP contribution in [0.3, 0.4) is 0 Å². The molecule has 1 saturated heterocycles. The number of hydrogen-bond donors (Lipinski definition) is 2. The van der Waals surface area contributed by atoms with E-state index in [1.807, 2.05) is 0 Å². The van der Waals surface area contributed by atoms with Gasteiger partial charge in [-0.1, -0.05) is 12.1 Å². The van der Waals surface area contributed by atoms with Crippen molar-refractivity contribution in [2.24, 2.45) is 0 Å². The molecule has 0 aromatic heterocycles. The van der Waals surface area contributed by atoms with Crippen LogP contribution >= 0.6 is 11.8 Å². The molecule has 2 atom stereocenters. The molecule has 0 unspecified atom stereocenters. The van der Waals surface area contributed by atoms with Gasteiger partial charge in [-0.15, -0.1) is 11.8 Å². The van der Waals surface area contributed by atoms with Gasteiger partial charge in [0.2, 0.25) is 0 Å². The summed E-state index contributed by atoms with van der Waals surface area (Å²) in [4.78, 5) is 26.5. The maximum absolute atomic E-state index is 13.7. The predicted molar refractivity (Wildman–Crippen MR) is 126 cm³/mol. The van der Waals surface area contributed by atoms with Gasteiger partial charge >= 0.3 is 5.97 Å². The Morgan fingerprint density at radius 1 is 1.18 bits per heavy atom. The summed E-state index contributed by atoms with van der Waals surface area (Å²) in [7, 11) is -4.57. The van der Waals surface area contributed by atoms with Crippen molar-refractivity contribution in [2.45, 2.75) is 49.1 Å². The standard InChI is InChI=1S/C23H27FN2O6S2/c1-23(2,3)32-22(29)19(14-15-4-8-17(27)9-5-15)26(21(28)20-25-12-13-33-20)34(30,31)18-10-6-16(24)7-11-18/h4-11,19-20,25,27H,12-14H2,1-3H3/t19-,20-/m0/s1. The highest BCUT2D eigenvalue weighted by Crippen LogP contribution is 2.28. The highest BCUT2D eigenvalue weighted by molar-refractivity contribution is 8.01. The lowest BCUT2D eigenvalue weighted by Crippen LogP contribution is -2.55. The Balaban J connectivity index is 2.12. The minimum absolute atomic E-state index is 0.00371. The van der Waals surface area contributed by atoms with Crippen LogP contribution in [0.15, 0.2) is 53.4 Å². The van der Waals surface area contributed by atoms with Crippen molar-refractivity contribution in [1.29, 1.82) is 0 Å². The van der Waals surface area contributed by atoms with Gasteiger partial charge in [-0.3, -0.25) is 10.1 Å². The van der Waals surface area contributed by atoms with Crippen LogP contribution in [-0.2, 0) is 30.8 Å². The van der Waals surface area contributed by atoms with Gasteiger partial charge in [0.25, 0.3) is 15.9 Å². The smallest absolute Gasteiger partial charge is 0.330 e. The SMILES string of the molecule is CC(C)(C)OC(=O)[C@H](Cc1ccc(O)cc1)N(C(=O)[C@H]1NCCS1)S(=O)(=O)c1ccc(F)cc1. The summed E-state index contributed by atoms with van der Waals surface area (Å²) in [5.41, 5.74) is -0.438. The number of phenolic OH excluding ortho intramolecular Hbond substituents is 1. The monoisotopic (exact) mass is 510 g/mol. The van der Waals surface area contributed by atoms with Gasteiger partial charge in [0, 0.05) is 18.7 Å². The first-order chi connectivity index (χ1) is 15.9. The second-order valence-corrected chi connectivity index (χ2v) is 11.7. The molecular weight excluding hydrogens is 483 g/mol. The molecule has 2 N–H and O–H groups in total. The number of phenols is 1. The number of thioether (sulfide) groups is 1. The maximum atomic E-state index is 13.7. The van der Waals surface area contributed by atoms with Crippen LogP contribution in [0.2, 0.25) is 0 Å². The van der Waals surface area contributed by atoms with Gasteiger partial charge in [0.05, 0.1) is 4.90 Å². The van der Waals surface area contributed by atoms with Crippen LogP contribution in [0, 0.1) is 5.82 Å². The van der Waals surface area contributed by atoms with Gasteiger partial charge in [0.1, 0.15) is 28.6 Å². The Kier molecular flexibility index (Phi) is 7.89. The summed E-state index contributed by atoms with van der Waals surface area (Å²) in [5, 5.41) is 11.7. The molecule has 3 rings (SSSR count). The molecule has 11 heteroatoms. The van der Waals surface area contributed by atoms with E-state index >= 15 is 0 Å². The molecule has 8 nitrogen and oxygen atoms in total. The molecule has 34 heavy (non-hydrogen) atoms. The molecule has 0 spiro atoms. The highest BCUT2D eigenvalue weighted by atomic mass is 32.2. The Morgan fingerprint density at radius 3 is 2.32 bits per heavy atom. The van der Waals surface area contributed by atoms with Crippen molar-refractivity contribution in [1.82, 2.24) is 9.62 Å². The normalized spacial score (nSPS) is 17.2. The third-order valence-corrected chi connectivity index (χ3v) is 7.82. The zero-order valence-corrected chi connectivity index (χ0v) is 20.7. The number of ether oxygens (including phenoxy) is 1. The second-order valence-electron chi connectivity index (χ2n) is 8.72. The zero-order chi connectivity index (χ0) is 25.1. The minimum Gasteiger partial charge on any atom is -0.508 e. The van der Waals surface area contributed by atoms with E-state index < -0.39 is 44.7 Å². The van der Waals surface area contributed by atoms with Crippen LogP contribution in [0.4, 0.5) is 4.39 Å². The molecule has 2 aromatic rings. The number of nitrogens with one attached hydrogen (secondary N) is 1. The van der Waals surface area contributed by atoms with Gasteiger partial charge in [-0.2, -0.15) is 0 Å². The molecule has 1 aliphatic rings. The first-order valence-electron chi connectivity index (χ1n) is 10.6. The molecule has 0 bridgehead atoms. The number of aromatic hydroxyl groups is 1. The number of esters is 1. The number of hydrogen-bond acceptors (Lipinski definition) is 8. The van der Waals surface area contributed by atoms with E-state index in [9.17, 15) is 27.5 Å². The highest BCUT2D eigenvalue weighted by Gasteiger charge is 2.44. The molecule has 0 saturated carbocycles. The first-order valence-corrected chi connectivity index (χ1v) is 13.1. The van der Waals surface area contributed by atoms with Gasteiger partial charge in [-0.05, 0) is 62.7 Å². The number of carbonyl (C=O) groups excluding carboxylic acids is 2. The third kappa shape index (κ3) is 6.28. The number of carbonyl (C=O) groups is 2. The van der Waals surface area contributed by atoms with Crippen molar-refractivity contribution in [3.05, 3.63) is 59.9 Å². The Morgan fingerprint density at radius 2 is 1.79 bits per heavy atom. The molecule has 0 aliphatic carbocycles. The molecule has 0 radical (unpaired) electrons. The van der Waals surface area contributed by atoms with E-state index in [0.29, 0.717) is 22.2 Å². The number of rotatable bonds is 7. The van der Waals surface area contributed by atoms with Crippen molar-refractivity contribution in [3.63, 3.8) is 0 Å². The number of amides is 1. The number of benzene rings is 2. The van der Waals surface area contributed by atoms with Crippen LogP contribution in [0.25, 0.3) is 0 Å². The lowest BCUT2D eigenvalue weighted by molar-refractivity contribution is -0.161. The van der Waals surface area contributed by atoms with E-state index in [0.717, 1.165) is 24.3 Å². The second kappa shape index (κ2) is 10.3. The fourth-order valence-corrected chi connectivity index (χ4v) is 5.92. The lowest BCUT2D eigenvalue weighted by atomic mass is 10.0. The summed E-state index contributed by atoms with van der Waals surface area (Å²) in [6.45, 7) is 5.41. The number of halogens is 1. The van der Waals surface area contributed by atoms with E-state index in [-0.39, 0.29) is 17.1 Å². The molecule has 2 aromatic carbocycles. The largest absolute Gasteiger partial charge is 0.508 e. The fraction of sp³-hybridized carbons (Fsp3) is 0.391. The van der Waals surface area contributed by atoms with Crippen molar-refractivity contribution < 1.29 is 32.2 Å². The summed E-state index contributed by atoms with van der Waals surface area (Å²) in [5.74, 6) is -1.77. The zero-order valence-electron chi connectivity index (χ0n) is 19.0. The maximum Gasteiger partial charge on any atom is 0.330 e. The van der Waals surface area contributed by atoms with E-state index in [1.165, 1.54) is 36.0 Å². The molecule has 1 aliphatic heterocycles. The molecule has 184 valence electrons.